The van der Waals surface area contributed by atoms with Crippen molar-refractivity contribution in [3.63, 3.8) is 0 Å². The van der Waals surface area contributed by atoms with E-state index in [1.165, 1.54) is 12.1 Å². The smallest absolute Gasteiger partial charge is 0.203 e. The van der Waals surface area contributed by atoms with Crippen molar-refractivity contribution in [2.45, 2.75) is 25.3 Å². The second-order valence-corrected chi connectivity index (χ2v) is 11.4. The van der Waals surface area contributed by atoms with Crippen LogP contribution in [0.4, 0.5) is 57.1 Å². The van der Waals surface area contributed by atoms with E-state index in [4.69, 9.17) is 13.1 Å². The summed E-state index contributed by atoms with van der Waals surface area (Å²) in [6.45, 7) is 15.7. The van der Waals surface area contributed by atoms with Crippen LogP contribution in [0.25, 0.3) is 42.4 Å². The number of hydrogen-bond donors (Lipinski definition) is 0. The van der Waals surface area contributed by atoms with E-state index in [1.807, 2.05) is 0 Å². The molecule has 0 atom stereocenters. The number of rotatable bonds is 3. The quantitative estimate of drug-likeness (QED) is 0.0896. The number of allylic oxidation sites excluding steroid dienone is 2. The normalized spacial score (nSPS) is 13.5. The maximum absolute atomic E-state index is 15.6. The van der Waals surface area contributed by atoms with Crippen LogP contribution >= 0.6 is 11.8 Å². The highest BCUT2D eigenvalue weighted by atomic mass is 32.2. The molecule has 0 saturated carbocycles. The maximum atomic E-state index is 15.6. The fourth-order valence-electron chi connectivity index (χ4n) is 5.94. The monoisotopic (exact) mass is 726 g/mol. The molecule has 3 aromatic carbocycles. The fraction of sp³-hybridized carbons (Fsp3) is 0.125. The van der Waals surface area contributed by atoms with Crippen LogP contribution in [0.15, 0.2) is 22.5 Å². The summed E-state index contributed by atoms with van der Waals surface area (Å²) in [5.41, 5.74) is -16.4. The standard InChI is InChI=1S/C32H7F13N4S/c1-8-10(31(48-2)49-3)4-12-14(8)15(18-20(33)24(37)28(41)25(38)21(18)34)13-5-11(9(6-46)7-47)30(50-32(43,44)45)17(13)16(12)19-22(35)26(39)29(42)27(40)23(19)36/h4-5H2,1H3. The number of hydrogen-bond acceptors (Lipinski definition) is 3. The summed E-state index contributed by atoms with van der Waals surface area (Å²) in [6, 6.07) is 2.53. The Labute approximate surface area is 274 Å². The van der Waals surface area contributed by atoms with Gasteiger partial charge in [0.1, 0.15) is 30.9 Å². The van der Waals surface area contributed by atoms with Crippen LogP contribution < -0.4 is 10.4 Å². The molecule has 3 aromatic rings. The number of halogens is 13. The molecule has 0 aromatic heterocycles. The molecule has 4 nitrogen and oxygen atoms in total. The minimum atomic E-state index is -5.43. The van der Waals surface area contributed by atoms with E-state index < -0.39 is 165 Å². The highest BCUT2D eigenvalue weighted by molar-refractivity contribution is 8.09. The van der Waals surface area contributed by atoms with E-state index >= 15 is 17.6 Å². The van der Waals surface area contributed by atoms with Gasteiger partial charge in [-0.2, -0.15) is 33.4 Å². The predicted molar refractivity (Wildman–Crippen MR) is 148 cm³/mol. The van der Waals surface area contributed by atoms with Gasteiger partial charge in [0.25, 0.3) is 0 Å². The van der Waals surface area contributed by atoms with Gasteiger partial charge in [-0.3, -0.25) is 0 Å². The Morgan fingerprint density at radius 3 is 1.34 bits per heavy atom. The van der Waals surface area contributed by atoms with Crippen molar-refractivity contribution < 1.29 is 57.1 Å². The molecule has 0 aliphatic heterocycles. The first-order chi connectivity index (χ1) is 23.4. The number of thioether (sulfide) groups is 1. The summed E-state index contributed by atoms with van der Waals surface area (Å²) >= 11 is -1.17. The lowest BCUT2D eigenvalue weighted by Gasteiger charge is -2.19. The first-order valence-electron chi connectivity index (χ1n) is 13.1. The molecule has 0 radical (unpaired) electrons. The average Bonchev–Trinajstić information content (AvgIpc) is 3.59. The van der Waals surface area contributed by atoms with Crippen molar-refractivity contribution in [2.24, 2.45) is 0 Å². The van der Waals surface area contributed by atoms with Gasteiger partial charge >= 0.3 is 11.3 Å². The molecule has 252 valence electrons. The van der Waals surface area contributed by atoms with Crippen LogP contribution in [0.1, 0.15) is 18.1 Å². The Kier molecular flexibility index (Phi) is 8.76. The number of alkyl halides is 3. The third kappa shape index (κ3) is 5.06. The number of benzene rings is 3. The number of nitrogens with zero attached hydrogens (tertiary/aromatic N) is 4. The van der Waals surface area contributed by atoms with Crippen LogP contribution in [0.2, 0.25) is 0 Å². The van der Waals surface area contributed by atoms with Crippen LogP contribution in [-0.4, -0.2) is 5.51 Å². The molecule has 0 bridgehead atoms. The summed E-state index contributed by atoms with van der Waals surface area (Å²) in [4.78, 5) is 4.60. The zero-order valence-electron chi connectivity index (χ0n) is 24.0. The van der Waals surface area contributed by atoms with Gasteiger partial charge < -0.3 is 0 Å². The number of nitriles is 2. The van der Waals surface area contributed by atoms with Gasteiger partial charge in [-0.05, 0) is 58.2 Å². The third-order valence-electron chi connectivity index (χ3n) is 7.89. The fourth-order valence-corrected chi connectivity index (χ4v) is 6.79. The Morgan fingerprint density at radius 1 is 0.600 bits per heavy atom. The van der Waals surface area contributed by atoms with E-state index in [1.54, 1.807) is 0 Å². The van der Waals surface area contributed by atoms with Gasteiger partial charge in [0.05, 0.1) is 16.7 Å². The van der Waals surface area contributed by atoms with Gasteiger partial charge in [0.2, 0.25) is 11.6 Å². The maximum Gasteiger partial charge on any atom is 0.523 e. The molecule has 0 heterocycles. The summed E-state index contributed by atoms with van der Waals surface area (Å²) in [5.74, 6) is -26.9. The molecule has 0 saturated heterocycles. The zero-order valence-corrected chi connectivity index (χ0v) is 24.8. The molecule has 18 heteroatoms. The zero-order chi connectivity index (χ0) is 37.3. The summed E-state index contributed by atoms with van der Waals surface area (Å²) < 4.78 is 192. The molecule has 0 fully saturated rings. The van der Waals surface area contributed by atoms with Crippen LogP contribution in [0, 0.1) is 94.0 Å². The number of fused-ring (bicyclic) bond motifs is 2. The molecular formula is C32H7F13N4S. The highest BCUT2D eigenvalue weighted by Crippen LogP contribution is 2.48. The van der Waals surface area contributed by atoms with Gasteiger partial charge in [-0.1, -0.05) is 0 Å². The van der Waals surface area contributed by atoms with E-state index in [-0.39, 0.29) is 0 Å². The Hall–Kier alpha value is -5.72. The molecule has 0 N–H and O–H groups in total. The summed E-state index contributed by atoms with van der Waals surface area (Å²) in [5, 5.41) is 17.1. The second-order valence-electron chi connectivity index (χ2n) is 10.3. The van der Waals surface area contributed by atoms with Gasteiger partial charge in [0, 0.05) is 22.1 Å². The highest BCUT2D eigenvalue weighted by Gasteiger charge is 2.42. The SMILES string of the molecule is [C-]#[N+]C([N+]#[C-])=C1Cc2c(-c3c(F)c(F)c(F)c(F)c3F)c3c(c(-c4c(F)c(F)c(F)c(F)c4F)c2=C1C)CC(=C(C#N)C#N)C=3SC(F)(F)F. The lowest BCUT2D eigenvalue weighted by Crippen LogP contribution is -2.27. The van der Waals surface area contributed by atoms with E-state index in [0.29, 0.717) is 0 Å². The molecule has 2 aliphatic rings. The van der Waals surface area contributed by atoms with Gasteiger partial charge in [0.15, 0.2) is 46.5 Å². The minimum Gasteiger partial charge on any atom is -0.203 e. The van der Waals surface area contributed by atoms with Crippen LogP contribution in [0.3, 0.4) is 0 Å². The van der Waals surface area contributed by atoms with E-state index in [2.05, 4.69) is 9.69 Å². The van der Waals surface area contributed by atoms with Gasteiger partial charge in [-0.15, -0.1) is 0 Å². The van der Waals surface area contributed by atoms with Crippen molar-refractivity contribution in [1.82, 2.24) is 0 Å². The molecule has 2 aliphatic carbocycles. The van der Waals surface area contributed by atoms with Crippen LogP contribution in [-0.2, 0) is 12.8 Å². The first kappa shape index (κ1) is 35.6. The molecule has 0 unspecified atom stereocenters. The minimum absolute atomic E-state index is 0.433. The first-order valence-corrected chi connectivity index (χ1v) is 13.9. The van der Waals surface area contributed by atoms with E-state index in [0.717, 1.165) is 6.92 Å². The van der Waals surface area contributed by atoms with Crippen molar-refractivity contribution in [1.29, 1.82) is 10.5 Å². The lowest BCUT2D eigenvalue weighted by atomic mass is 9.86. The summed E-state index contributed by atoms with van der Waals surface area (Å²) in [6.07, 6.45) is -2.21. The topological polar surface area (TPSA) is 56.3 Å². The Morgan fingerprint density at radius 2 is 0.960 bits per heavy atom. The van der Waals surface area contributed by atoms with Crippen molar-refractivity contribution in [3.8, 4) is 34.4 Å². The second kappa shape index (κ2) is 12.3. The lowest BCUT2D eigenvalue weighted by molar-refractivity contribution is -0.0318. The van der Waals surface area contributed by atoms with E-state index in [9.17, 15) is 50.0 Å². The molecule has 5 rings (SSSR count). The molecule has 50 heavy (non-hydrogen) atoms. The van der Waals surface area contributed by atoms with Gasteiger partial charge in [-0.25, -0.2) is 43.9 Å². The molecule has 0 spiro atoms. The average molecular weight is 726 g/mol. The Balaban J connectivity index is 2.30. The van der Waals surface area contributed by atoms with Crippen molar-refractivity contribution in [2.75, 3.05) is 0 Å². The largest absolute Gasteiger partial charge is 0.523 e. The molecular weight excluding hydrogens is 719 g/mol. The van der Waals surface area contributed by atoms with Crippen molar-refractivity contribution >= 4 is 22.2 Å². The van der Waals surface area contributed by atoms with Crippen LogP contribution in [0.5, 0.6) is 0 Å². The molecule has 0 amide bonds. The Bertz CT molecular complexity index is 2410. The predicted octanol–water partition coefficient (Wildman–Crippen LogP) is 8.45. The summed E-state index contributed by atoms with van der Waals surface area (Å²) in [7, 11) is 0. The van der Waals surface area contributed by atoms with Crippen molar-refractivity contribution in [3.05, 3.63) is 125 Å². The third-order valence-corrected chi connectivity index (χ3v) is 8.77.